The maximum Gasteiger partial charge on any atom is 0.341 e. The van der Waals surface area contributed by atoms with Crippen LogP contribution in [0.5, 0.6) is 5.75 Å². The zero-order chi connectivity index (χ0) is 22.4. The van der Waals surface area contributed by atoms with Gasteiger partial charge in [0, 0.05) is 11.3 Å². The van der Waals surface area contributed by atoms with Crippen molar-refractivity contribution in [1.29, 1.82) is 0 Å². The molecule has 1 heterocycles. The van der Waals surface area contributed by atoms with Gasteiger partial charge in [0.1, 0.15) is 10.8 Å². The molecular formula is C23H22N2O5S. The minimum atomic E-state index is -0.594. The summed E-state index contributed by atoms with van der Waals surface area (Å²) in [6.07, 6.45) is 0. The standard InChI is InChI=1S/C23H22N2O5S/c1-4-30-23(28)18-14(2)19(21(27)24-16-10-12-17(29-3)13-11-16)31-22(18)25-20(26)15-8-6-5-7-9-15/h5-13H,4H2,1-3H3,(H,24,27)(H,25,26). The Hall–Kier alpha value is -3.65. The number of thiophene rings is 1. The Labute approximate surface area is 184 Å². The van der Waals surface area contributed by atoms with Gasteiger partial charge in [-0.25, -0.2) is 4.79 Å². The van der Waals surface area contributed by atoms with Crippen molar-refractivity contribution in [2.75, 3.05) is 24.4 Å². The highest BCUT2D eigenvalue weighted by Crippen LogP contribution is 2.34. The van der Waals surface area contributed by atoms with Crippen LogP contribution >= 0.6 is 11.3 Å². The van der Waals surface area contributed by atoms with E-state index in [-0.39, 0.29) is 23.1 Å². The number of methoxy groups -OCH3 is 1. The van der Waals surface area contributed by atoms with Gasteiger partial charge in [0.25, 0.3) is 11.8 Å². The number of esters is 1. The van der Waals surface area contributed by atoms with Gasteiger partial charge in [0.15, 0.2) is 0 Å². The molecule has 7 nitrogen and oxygen atoms in total. The van der Waals surface area contributed by atoms with Crippen LogP contribution in [-0.4, -0.2) is 31.5 Å². The lowest BCUT2D eigenvalue weighted by atomic mass is 10.1. The van der Waals surface area contributed by atoms with Gasteiger partial charge in [-0.1, -0.05) is 18.2 Å². The van der Waals surface area contributed by atoms with Gasteiger partial charge in [-0.2, -0.15) is 0 Å². The van der Waals surface area contributed by atoms with Gasteiger partial charge < -0.3 is 20.1 Å². The Morgan fingerprint density at radius 2 is 1.61 bits per heavy atom. The molecular weight excluding hydrogens is 416 g/mol. The fourth-order valence-corrected chi connectivity index (χ4v) is 3.98. The van der Waals surface area contributed by atoms with Crippen LogP contribution in [0.2, 0.25) is 0 Å². The number of hydrogen-bond acceptors (Lipinski definition) is 6. The zero-order valence-corrected chi connectivity index (χ0v) is 18.2. The second-order valence-electron chi connectivity index (χ2n) is 6.48. The minimum Gasteiger partial charge on any atom is -0.497 e. The summed E-state index contributed by atoms with van der Waals surface area (Å²) < 4.78 is 10.3. The number of rotatable bonds is 7. The molecule has 0 fully saturated rings. The van der Waals surface area contributed by atoms with E-state index >= 15 is 0 Å². The normalized spacial score (nSPS) is 10.3. The number of carbonyl (C=O) groups excluding carboxylic acids is 3. The third kappa shape index (κ3) is 5.10. The molecule has 2 aromatic carbocycles. The zero-order valence-electron chi connectivity index (χ0n) is 17.4. The summed E-state index contributed by atoms with van der Waals surface area (Å²) in [5, 5.41) is 5.81. The lowest BCUT2D eigenvalue weighted by Crippen LogP contribution is -2.15. The van der Waals surface area contributed by atoms with Crippen molar-refractivity contribution < 1.29 is 23.9 Å². The molecule has 0 saturated heterocycles. The highest BCUT2D eigenvalue weighted by Gasteiger charge is 2.27. The maximum absolute atomic E-state index is 12.9. The van der Waals surface area contributed by atoms with Crippen LogP contribution in [0.15, 0.2) is 54.6 Å². The monoisotopic (exact) mass is 438 g/mol. The Morgan fingerprint density at radius 3 is 2.23 bits per heavy atom. The number of hydrogen-bond donors (Lipinski definition) is 2. The molecule has 8 heteroatoms. The number of amides is 2. The summed E-state index contributed by atoms with van der Waals surface area (Å²) in [5.74, 6) is -0.697. The Kier molecular flexibility index (Phi) is 7.04. The average Bonchev–Trinajstić information content (AvgIpc) is 3.10. The van der Waals surface area contributed by atoms with Gasteiger partial charge in [0.05, 0.1) is 24.2 Å². The Balaban J connectivity index is 1.91. The fraction of sp³-hybridized carbons (Fsp3) is 0.174. The van der Waals surface area contributed by atoms with Crippen LogP contribution in [0, 0.1) is 6.92 Å². The fourth-order valence-electron chi connectivity index (χ4n) is 2.89. The van der Waals surface area contributed by atoms with E-state index in [4.69, 9.17) is 9.47 Å². The van der Waals surface area contributed by atoms with Gasteiger partial charge in [0.2, 0.25) is 0 Å². The molecule has 2 N–H and O–H groups in total. The molecule has 0 spiro atoms. The molecule has 0 unspecified atom stereocenters. The Bertz CT molecular complexity index is 1090. The molecule has 3 aromatic rings. The first-order valence-corrected chi connectivity index (χ1v) is 10.4. The number of ether oxygens (including phenoxy) is 2. The highest BCUT2D eigenvalue weighted by molar-refractivity contribution is 7.19. The van der Waals surface area contributed by atoms with Crippen molar-refractivity contribution >= 4 is 39.8 Å². The summed E-state index contributed by atoms with van der Waals surface area (Å²) in [5.41, 5.74) is 1.63. The van der Waals surface area contributed by atoms with E-state index < -0.39 is 11.9 Å². The molecule has 160 valence electrons. The first-order valence-electron chi connectivity index (χ1n) is 9.56. The highest BCUT2D eigenvalue weighted by atomic mass is 32.1. The molecule has 1 aromatic heterocycles. The van der Waals surface area contributed by atoms with Crippen LogP contribution in [0.3, 0.4) is 0 Å². The summed E-state index contributed by atoms with van der Waals surface area (Å²) in [7, 11) is 1.56. The molecule has 0 atom stereocenters. The summed E-state index contributed by atoms with van der Waals surface area (Å²) >= 11 is 1.03. The topological polar surface area (TPSA) is 93.7 Å². The van der Waals surface area contributed by atoms with Crippen molar-refractivity contribution in [2.45, 2.75) is 13.8 Å². The number of benzene rings is 2. The van der Waals surface area contributed by atoms with Crippen LogP contribution in [0.4, 0.5) is 10.7 Å². The van der Waals surface area contributed by atoms with Crippen LogP contribution in [-0.2, 0) is 4.74 Å². The molecule has 31 heavy (non-hydrogen) atoms. The van der Waals surface area contributed by atoms with Crippen LogP contribution in [0.1, 0.15) is 42.9 Å². The van der Waals surface area contributed by atoms with Gasteiger partial charge >= 0.3 is 5.97 Å². The maximum atomic E-state index is 12.9. The van der Waals surface area contributed by atoms with E-state index in [9.17, 15) is 14.4 Å². The number of carbonyl (C=O) groups is 3. The van der Waals surface area contributed by atoms with E-state index in [0.717, 1.165) is 11.3 Å². The van der Waals surface area contributed by atoms with Gasteiger partial charge in [-0.15, -0.1) is 11.3 Å². The van der Waals surface area contributed by atoms with Gasteiger partial charge in [-0.05, 0) is 55.8 Å². The van der Waals surface area contributed by atoms with Crippen molar-refractivity contribution in [3.63, 3.8) is 0 Å². The summed E-state index contributed by atoms with van der Waals surface area (Å²) in [6, 6.07) is 15.5. The molecule has 2 amide bonds. The Morgan fingerprint density at radius 1 is 0.935 bits per heavy atom. The van der Waals surface area contributed by atoms with E-state index in [2.05, 4.69) is 10.6 Å². The molecule has 0 aliphatic carbocycles. The molecule has 0 bridgehead atoms. The largest absolute Gasteiger partial charge is 0.497 e. The third-order valence-electron chi connectivity index (χ3n) is 4.44. The van der Waals surface area contributed by atoms with Gasteiger partial charge in [-0.3, -0.25) is 9.59 Å². The molecule has 0 radical (unpaired) electrons. The number of nitrogens with one attached hydrogen (secondary N) is 2. The first kappa shape index (κ1) is 22.0. The SMILES string of the molecule is CCOC(=O)c1c(NC(=O)c2ccccc2)sc(C(=O)Nc2ccc(OC)cc2)c1C. The lowest BCUT2D eigenvalue weighted by molar-refractivity contribution is 0.0527. The number of anilines is 2. The molecule has 0 aliphatic heterocycles. The second kappa shape index (κ2) is 9.90. The minimum absolute atomic E-state index is 0.174. The average molecular weight is 439 g/mol. The van der Waals surface area contributed by atoms with Crippen molar-refractivity contribution in [2.24, 2.45) is 0 Å². The summed E-state index contributed by atoms with van der Waals surface area (Å²) in [4.78, 5) is 38.4. The van der Waals surface area contributed by atoms with Crippen molar-refractivity contribution in [1.82, 2.24) is 0 Å². The predicted molar refractivity (Wildman–Crippen MR) is 120 cm³/mol. The molecule has 0 aliphatic rings. The van der Waals surface area contributed by atoms with Crippen LogP contribution in [0.25, 0.3) is 0 Å². The third-order valence-corrected chi connectivity index (χ3v) is 5.65. The van der Waals surface area contributed by atoms with Crippen molar-refractivity contribution in [3.05, 3.63) is 76.2 Å². The van der Waals surface area contributed by atoms with E-state index in [1.807, 2.05) is 0 Å². The van der Waals surface area contributed by atoms with E-state index in [1.54, 1.807) is 75.6 Å². The smallest absolute Gasteiger partial charge is 0.341 e. The van der Waals surface area contributed by atoms with E-state index in [1.165, 1.54) is 0 Å². The quantitative estimate of drug-likeness (QED) is 0.520. The van der Waals surface area contributed by atoms with Crippen molar-refractivity contribution in [3.8, 4) is 5.75 Å². The van der Waals surface area contributed by atoms with Crippen LogP contribution < -0.4 is 15.4 Å². The first-order chi connectivity index (χ1) is 14.9. The lowest BCUT2D eigenvalue weighted by Gasteiger charge is -2.07. The molecule has 3 rings (SSSR count). The molecule has 0 saturated carbocycles. The second-order valence-corrected chi connectivity index (χ2v) is 7.50. The van der Waals surface area contributed by atoms with E-state index in [0.29, 0.717) is 27.4 Å². The predicted octanol–water partition coefficient (Wildman–Crippen LogP) is 4.75. The summed E-state index contributed by atoms with van der Waals surface area (Å²) in [6.45, 7) is 3.52.